The highest BCUT2D eigenvalue weighted by Gasteiger charge is 1.82. The Balaban J connectivity index is 0.000000173. The average Bonchev–Trinajstić information content (AvgIpc) is 2.55. The van der Waals surface area contributed by atoms with Crippen LogP contribution in [0.1, 0.15) is 11.1 Å². The molecule has 3 aromatic carbocycles. The standard InChI is InChI=1S/2C7H8O.C6H6O/c2*1-6-2-4-7(8)5-3-6;7-6-4-2-1-3-5-6/h2*2-5,8H,1H3;1-5,7H. The van der Waals surface area contributed by atoms with Gasteiger partial charge in [-0.3, -0.25) is 0 Å². The van der Waals surface area contributed by atoms with Crippen molar-refractivity contribution in [2.45, 2.75) is 13.8 Å². The maximum atomic E-state index is 8.76. The molecule has 23 heavy (non-hydrogen) atoms. The van der Waals surface area contributed by atoms with Crippen molar-refractivity contribution < 1.29 is 15.3 Å². The molecule has 0 aliphatic heterocycles. The van der Waals surface area contributed by atoms with Gasteiger partial charge in [-0.2, -0.15) is 0 Å². The van der Waals surface area contributed by atoms with Crippen molar-refractivity contribution in [3.63, 3.8) is 0 Å². The number of hydrogen-bond donors (Lipinski definition) is 3. The summed E-state index contributed by atoms with van der Waals surface area (Å²) in [6.07, 6.45) is 0. The maximum Gasteiger partial charge on any atom is 0.115 e. The minimum absolute atomic E-state index is 0.322. The summed E-state index contributed by atoms with van der Waals surface area (Å²) in [5.74, 6) is 0.980. The van der Waals surface area contributed by atoms with Crippen LogP contribution in [0.5, 0.6) is 17.2 Å². The number of phenols is 3. The lowest BCUT2D eigenvalue weighted by atomic mass is 10.2. The third kappa shape index (κ3) is 8.83. The van der Waals surface area contributed by atoms with Crippen LogP contribution in [-0.4, -0.2) is 15.3 Å². The summed E-state index contributed by atoms with van der Waals surface area (Å²) in [6, 6.07) is 22.9. The summed E-state index contributed by atoms with van der Waals surface area (Å²) in [5.41, 5.74) is 2.34. The summed E-state index contributed by atoms with van der Waals surface area (Å²) in [6.45, 7) is 3.97. The zero-order valence-corrected chi connectivity index (χ0v) is 13.3. The highest BCUT2D eigenvalue weighted by atomic mass is 16.3. The average molecular weight is 310 g/mol. The molecular weight excluding hydrogens is 288 g/mol. The van der Waals surface area contributed by atoms with Crippen LogP contribution >= 0.6 is 0 Å². The van der Waals surface area contributed by atoms with Crippen LogP contribution in [0.4, 0.5) is 0 Å². The molecule has 120 valence electrons. The van der Waals surface area contributed by atoms with Gasteiger partial charge in [-0.15, -0.1) is 0 Å². The zero-order valence-electron chi connectivity index (χ0n) is 13.3. The van der Waals surface area contributed by atoms with Gasteiger partial charge < -0.3 is 15.3 Å². The van der Waals surface area contributed by atoms with Crippen LogP contribution < -0.4 is 0 Å². The first-order valence-corrected chi connectivity index (χ1v) is 7.22. The van der Waals surface area contributed by atoms with Crippen molar-refractivity contribution in [3.8, 4) is 17.2 Å². The zero-order chi connectivity index (χ0) is 17.1. The lowest BCUT2D eigenvalue weighted by Crippen LogP contribution is -1.66. The Morgan fingerprint density at radius 2 is 0.739 bits per heavy atom. The lowest BCUT2D eigenvalue weighted by Gasteiger charge is -1.89. The fourth-order valence-electron chi connectivity index (χ4n) is 1.52. The minimum Gasteiger partial charge on any atom is -0.508 e. The third-order valence-electron chi connectivity index (χ3n) is 2.82. The van der Waals surface area contributed by atoms with Crippen molar-refractivity contribution in [3.05, 3.63) is 90.0 Å². The molecule has 0 saturated carbocycles. The minimum atomic E-state index is 0.322. The van der Waals surface area contributed by atoms with E-state index in [1.54, 1.807) is 48.5 Å². The number of para-hydroxylation sites is 1. The summed E-state index contributed by atoms with van der Waals surface area (Å²) in [5, 5.41) is 26.1. The number of aryl methyl sites for hydroxylation is 2. The van der Waals surface area contributed by atoms with E-state index in [0.29, 0.717) is 17.2 Å². The molecule has 0 fully saturated rings. The largest absolute Gasteiger partial charge is 0.508 e. The molecule has 0 spiro atoms. The topological polar surface area (TPSA) is 60.7 Å². The van der Waals surface area contributed by atoms with E-state index in [9.17, 15) is 0 Å². The molecule has 0 unspecified atom stereocenters. The van der Waals surface area contributed by atoms with Gasteiger partial charge in [-0.25, -0.2) is 0 Å². The molecule has 3 N–H and O–H groups in total. The predicted molar refractivity (Wildman–Crippen MR) is 93.8 cm³/mol. The second kappa shape index (κ2) is 9.90. The second-order valence-electron chi connectivity index (χ2n) is 5.01. The molecule has 0 aliphatic carbocycles. The van der Waals surface area contributed by atoms with Crippen LogP contribution in [0.25, 0.3) is 0 Å². The Labute approximate surface area is 137 Å². The molecule has 3 heteroatoms. The first-order valence-electron chi connectivity index (χ1n) is 7.22. The molecule has 0 atom stereocenters. The van der Waals surface area contributed by atoms with Gasteiger partial charge in [-0.05, 0) is 50.2 Å². The normalized spacial score (nSPS) is 8.96. The number of benzene rings is 3. The Morgan fingerprint density at radius 3 is 0.957 bits per heavy atom. The number of hydrogen-bond acceptors (Lipinski definition) is 3. The van der Waals surface area contributed by atoms with Crippen molar-refractivity contribution in [1.29, 1.82) is 0 Å². The number of phenolic OH excluding ortho intramolecular Hbond substituents is 3. The van der Waals surface area contributed by atoms with E-state index in [1.165, 1.54) is 11.1 Å². The molecule has 0 radical (unpaired) electrons. The smallest absolute Gasteiger partial charge is 0.115 e. The van der Waals surface area contributed by atoms with Gasteiger partial charge in [0.05, 0.1) is 0 Å². The molecule has 0 bridgehead atoms. The summed E-state index contributed by atoms with van der Waals surface area (Å²) in [7, 11) is 0. The Morgan fingerprint density at radius 1 is 0.435 bits per heavy atom. The van der Waals surface area contributed by atoms with Crippen LogP contribution in [0.15, 0.2) is 78.9 Å². The van der Waals surface area contributed by atoms with E-state index in [4.69, 9.17) is 15.3 Å². The van der Waals surface area contributed by atoms with Crippen molar-refractivity contribution in [1.82, 2.24) is 0 Å². The van der Waals surface area contributed by atoms with Crippen LogP contribution in [0.2, 0.25) is 0 Å². The summed E-state index contributed by atoms with van der Waals surface area (Å²) < 4.78 is 0. The predicted octanol–water partition coefficient (Wildman–Crippen LogP) is 4.79. The summed E-state index contributed by atoms with van der Waals surface area (Å²) >= 11 is 0. The van der Waals surface area contributed by atoms with Crippen LogP contribution in [-0.2, 0) is 0 Å². The van der Waals surface area contributed by atoms with Crippen molar-refractivity contribution >= 4 is 0 Å². The van der Waals surface area contributed by atoms with Gasteiger partial charge in [0.1, 0.15) is 17.2 Å². The molecule has 3 rings (SSSR count). The number of aromatic hydroxyl groups is 3. The highest BCUT2D eigenvalue weighted by Crippen LogP contribution is 2.08. The molecule has 0 aromatic heterocycles. The molecule has 0 saturated heterocycles. The molecule has 0 amide bonds. The molecule has 0 heterocycles. The SMILES string of the molecule is Cc1ccc(O)cc1.Cc1ccc(O)cc1.Oc1ccccc1. The monoisotopic (exact) mass is 310 g/mol. The van der Waals surface area contributed by atoms with E-state index < -0.39 is 0 Å². The van der Waals surface area contributed by atoms with Crippen LogP contribution in [0.3, 0.4) is 0 Å². The Bertz CT molecular complexity index is 574. The molecule has 0 aliphatic rings. The van der Waals surface area contributed by atoms with E-state index in [0.717, 1.165) is 0 Å². The highest BCUT2D eigenvalue weighted by molar-refractivity contribution is 5.25. The lowest BCUT2D eigenvalue weighted by molar-refractivity contribution is 0.474. The van der Waals surface area contributed by atoms with E-state index in [2.05, 4.69) is 0 Å². The van der Waals surface area contributed by atoms with Gasteiger partial charge in [0.2, 0.25) is 0 Å². The van der Waals surface area contributed by atoms with Gasteiger partial charge in [0.15, 0.2) is 0 Å². The van der Waals surface area contributed by atoms with Gasteiger partial charge >= 0.3 is 0 Å². The molecule has 3 aromatic rings. The first-order chi connectivity index (χ1) is 11.0. The van der Waals surface area contributed by atoms with Crippen molar-refractivity contribution in [2.24, 2.45) is 0 Å². The van der Waals surface area contributed by atoms with Gasteiger partial charge in [-0.1, -0.05) is 53.6 Å². The Hall–Kier alpha value is -2.94. The van der Waals surface area contributed by atoms with Gasteiger partial charge in [0, 0.05) is 0 Å². The molecular formula is C20H22O3. The maximum absolute atomic E-state index is 8.76. The quantitative estimate of drug-likeness (QED) is 0.559. The second-order valence-corrected chi connectivity index (χ2v) is 5.01. The first kappa shape index (κ1) is 18.1. The fraction of sp³-hybridized carbons (Fsp3) is 0.100. The third-order valence-corrected chi connectivity index (χ3v) is 2.82. The molecule has 3 nitrogen and oxygen atoms in total. The van der Waals surface area contributed by atoms with E-state index in [-0.39, 0.29) is 0 Å². The van der Waals surface area contributed by atoms with E-state index in [1.807, 2.05) is 44.2 Å². The van der Waals surface area contributed by atoms with E-state index >= 15 is 0 Å². The summed E-state index contributed by atoms with van der Waals surface area (Å²) in [4.78, 5) is 0. The Kier molecular flexibility index (Phi) is 7.79. The van der Waals surface area contributed by atoms with Crippen molar-refractivity contribution in [2.75, 3.05) is 0 Å². The number of rotatable bonds is 0. The fourth-order valence-corrected chi connectivity index (χ4v) is 1.52. The van der Waals surface area contributed by atoms with Crippen LogP contribution in [0, 0.1) is 13.8 Å². The van der Waals surface area contributed by atoms with Gasteiger partial charge in [0.25, 0.3) is 0 Å².